The smallest absolute Gasteiger partial charge is 0.163 e. The van der Waals surface area contributed by atoms with Crippen LogP contribution >= 0.6 is 0 Å². The summed E-state index contributed by atoms with van der Waals surface area (Å²) in [7, 11) is 0. The first-order valence-corrected chi connectivity index (χ1v) is 9.28. The second-order valence-electron chi connectivity index (χ2n) is 6.89. The Morgan fingerprint density at radius 3 is 2.88 bits per heavy atom. The zero-order chi connectivity index (χ0) is 18.1. The van der Waals surface area contributed by atoms with Gasteiger partial charge in [0.1, 0.15) is 5.82 Å². The average Bonchev–Trinajstić information content (AvgIpc) is 3.29. The van der Waals surface area contributed by atoms with Crippen molar-refractivity contribution in [3.8, 4) is 11.4 Å². The van der Waals surface area contributed by atoms with Gasteiger partial charge in [0.05, 0.1) is 17.6 Å². The number of aromatic nitrogens is 5. The van der Waals surface area contributed by atoms with Gasteiger partial charge in [0, 0.05) is 35.3 Å². The molecule has 1 atom stereocenters. The second kappa shape index (κ2) is 6.86. The summed E-state index contributed by atoms with van der Waals surface area (Å²) in [6, 6.07) is 4.30. The van der Waals surface area contributed by atoms with Gasteiger partial charge in [-0.25, -0.2) is 9.97 Å². The summed E-state index contributed by atoms with van der Waals surface area (Å²) in [5, 5.41) is 8.08. The van der Waals surface area contributed by atoms with Crippen molar-refractivity contribution in [2.75, 3.05) is 5.32 Å². The maximum absolute atomic E-state index is 4.83. The van der Waals surface area contributed by atoms with E-state index in [9.17, 15) is 0 Å². The third kappa shape index (κ3) is 2.96. The number of rotatable bonds is 5. The molecule has 1 aliphatic carbocycles. The first-order chi connectivity index (χ1) is 12.7. The molecular formula is C20H24N6. The highest BCUT2D eigenvalue weighted by Crippen LogP contribution is 2.32. The SMILES string of the molecule is CCC(C)n1ncc(Nc2nc(-c3cccnc3)nc3c2CCC3)c1C. The van der Waals surface area contributed by atoms with Gasteiger partial charge in [0.15, 0.2) is 5.82 Å². The first kappa shape index (κ1) is 16.7. The molecule has 1 aliphatic rings. The fourth-order valence-electron chi connectivity index (χ4n) is 3.45. The molecule has 3 heterocycles. The van der Waals surface area contributed by atoms with E-state index in [0.717, 1.165) is 60.0 Å². The van der Waals surface area contributed by atoms with Crippen molar-refractivity contribution >= 4 is 11.5 Å². The minimum atomic E-state index is 0.382. The summed E-state index contributed by atoms with van der Waals surface area (Å²) in [5.74, 6) is 1.63. The van der Waals surface area contributed by atoms with E-state index in [4.69, 9.17) is 9.97 Å². The number of aryl methyl sites for hydroxylation is 1. The topological polar surface area (TPSA) is 68.5 Å². The number of pyridine rings is 1. The summed E-state index contributed by atoms with van der Waals surface area (Å²) in [5.41, 5.74) is 5.46. The van der Waals surface area contributed by atoms with Crippen molar-refractivity contribution in [2.45, 2.75) is 52.5 Å². The van der Waals surface area contributed by atoms with E-state index in [-0.39, 0.29) is 0 Å². The Morgan fingerprint density at radius 1 is 1.23 bits per heavy atom. The third-order valence-electron chi connectivity index (χ3n) is 5.16. The van der Waals surface area contributed by atoms with Crippen LogP contribution in [-0.2, 0) is 12.8 Å². The molecule has 0 amide bonds. The van der Waals surface area contributed by atoms with Gasteiger partial charge < -0.3 is 5.32 Å². The second-order valence-corrected chi connectivity index (χ2v) is 6.89. The molecule has 1 N–H and O–H groups in total. The molecule has 0 spiro atoms. The van der Waals surface area contributed by atoms with Crippen molar-refractivity contribution in [3.63, 3.8) is 0 Å². The molecule has 3 aromatic heterocycles. The largest absolute Gasteiger partial charge is 0.337 e. The predicted octanol–water partition coefficient (Wildman–Crippen LogP) is 4.25. The summed E-state index contributed by atoms with van der Waals surface area (Å²) >= 11 is 0. The van der Waals surface area contributed by atoms with E-state index in [1.165, 1.54) is 5.56 Å². The van der Waals surface area contributed by atoms with Crippen LogP contribution in [-0.4, -0.2) is 24.7 Å². The van der Waals surface area contributed by atoms with Crippen molar-refractivity contribution < 1.29 is 0 Å². The molecule has 0 saturated carbocycles. The Balaban J connectivity index is 1.73. The molecule has 1 unspecified atom stereocenters. The zero-order valence-electron chi connectivity index (χ0n) is 15.5. The fourth-order valence-corrected chi connectivity index (χ4v) is 3.45. The standard InChI is InChI=1S/C20H24N6/c1-4-13(2)26-14(3)18(12-22-26)24-20-16-8-5-9-17(16)23-19(25-20)15-7-6-10-21-11-15/h6-7,10-13H,4-5,8-9H2,1-3H3,(H,23,24,25). The van der Waals surface area contributed by atoms with Gasteiger partial charge in [-0.2, -0.15) is 5.10 Å². The molecule has 6 heteroatoms. The van der Waals surface area contributed by atoms with Crippen molar-refractivity contribution in [1.82, 2.24) is 24.7 Å². The number of hydrogen-bond acceptors (Lipinski definition) is 5. The molecule has 4 rings (SSSR count). The number of fused-ring (bicyclic) bond motifs is 1. The predicted molar refractivity (Wildman–Crippen MR) is 103 cm³/mol. The molecule has 0 saturated heterocycles. The van der Waals surface area contributed by atoms with Crippen LogP contribution in [0.15, 0.2) is 30.7 Å². The number of nitrogens with one attached hydrogen (secondary N) is 1. The van der Waals surface area contributed by atoms with E-state index in [0.29, 0.717) is 6.04 Å². The summed E-state index contributed by atoms with van der Waals surface area (Å²) in [6.45, 7) is 6.47. The van der Waals surface area contributed by atoms with Gasteiger partial charge in [-0.3, -0.25) is 9.67 Å². The van der Waals surface area contributed by atoms with Crippen LogP contribution in [0.4, 0.5) is 11.5 Å². The Kier molecular flexibility index (Phi) is 4.41. The Hall–Kier alpha value is -2.76. The molecule has 6 nitrogen and oxygen atoms in total. The van der Waals surface area contributed by atoms with Crippen LogP contribution in [0, 0.1) is 6.92 Å². The highest BCUT2D eigenvalue weighted by atomic mass is 15.3. The average molecular weight is 348 g/mol. The van der Waals surface area contributed by atoms with Gasteiger partial charge in [0.25, 0.3) is 0 Å². The van der Waals surface area contributed by atoms with Crippen LogP contribution in [0.5, 0.6) is 0 Å². The van der Waals surface area contributed by atoms with Gasteiger partial charge in [-0.05, 0) is 51.7 Å². The first-order valence-electron chi connectivity index (χ1n) is 9.28. The minimum absolute atomic E-state index is 0.382. The molecule has 0 bridgehead atoms. The van der Waals surface area contributed by atoms with Crippen LogP contribution in [0.2, 0.25) is 0 Å². The minimum Gasteiger partial charge on any atom is -0.337 e. The Labute approximate surface area is 153 Å². The third-order valence-corrected chi connectivity index (χ3v) is 5.16. The number of hydrogen-bond donors (Lipinski definition) is 1. The summed E-state index contributed by atoms with van der Waals surface area (Å²) < 4.78 is 2.08. The maximum Gasteiger partial charge on any atom is 0.163 e. The van der Waals surface area contributed by atoms with Gasteiger partial charge in [-0.15, -0.1) is 0 Å². The van der Waals surface area contributed by atoms with Gasteiger partial charge >= 0.3 is 0 Å². The lowest BCUT2D eigenvalue weighted by atomic mass is 10.2. The van der Waals surface area contributed by atoms with Crippen LogP contribution in [0.3, 0.4) is 0 Å². The fraction of sp³-hybridized carbons (Fsp3) is 0.400. The molecule has 0 aliphatic heterocycles. The Morgan fingerprint density at radius 2 is 2.12 bits per heavy atom. The van der Waals surface area contributed by atoms with Crippen LogP contribution in [0.1, 0.15) is 49.7 Å². The molecule has 0 fully saturated rings. The van der Waals surface area contributed by atoms with Gasteiger partial charge in [-0.1, -0.05) is 6.92 Å². The van der Waals surface area contributed by atoms with E-state index in [1.807, 2.05) is 24.5 Å². The summed E-state index contributed by atoms with van der Waals surface area (Å²) in [6.07, 6.45) is 9.68. The molecule has 3 aromatic rings. The zero-order valence-corrected chi connectivity index (χ0v) is 15.5. The quantitative estimate of drug-likeness (QED) is 0.746. The molecular weight excluding hydrogens is 324 g/mol. The number of nitrogens with zero attached hydrogens (tertiary/aromatic N) is 5. The van der Waals surface area contributed by atoms with E-state index in [1.54, 1.807) is 6.20 Å². The normalized spacial score (nSPS) is 14.3. The molecule has 134 valence electrons. The Bertz CT molecular complexity index is 916. The highest BCUT2D eigenvalue weighted by Gasteiger charge is 2.21. The molecule has 0 radical (unpaired) electrons. The van der Waals surface area contributed by atoms with Crippen LogP contribution < -0.4 is 5.32 Å². The number of anilines is 2. The maximum atomic E-state index is 4.83. The van der Waals surface area contributed by atoms with E-state index < -0.39 is 0 Å². The lowest BCUT2D eigenvalue weighted by Gasteiger charge is -2.14. The molecule has 26 heavy (non-hydrogen) atoms. The van der Waals surface area contributed by atoms with Gasteiger partial charge in [0.2, 0.25) is 0 Å². The monoisotopic (exact) mass is 348 g/mol. The molecule has 0 aromatic carbocycles. The van der Waals surface area contributed by atoms with Crippen molar-refractivity contribution in [1.29, 1.82) is 0 Å². The lowest BCUT2D eigenvalue weighted by Crippen LogP contribution is -2.08. The highest BCUT2D eigenvalue weighted by molar-refractivity contribution is 5.66. The lowest BCUT2D eigenvalue weighted by molar-refractivity contribution is 0.468. The van der Waals surface area contributed by atoms with E-state index in [2.05, 4.69) is 40.9 Å². The van der Waals surface area contributed by atoms with Crippen LogP contribution in [0.25, 0.3) is 11.4 Å². The van der Waals surface area contributed by atoms with Crippen molar-refractivity contribution in [2.24, 2.45) is 0 Å². The van der Waals surface area contributed by atoms with Crippen molar-refractivity contribution in [3.05, 3.63) is 47.7 Å². The summed E-state index contributed by atoms with van der Waals surface area (Å²) in [4.78, 5) is 13.8. The van der Waals surface area contributed by atoms with E-state index >= 15 is 0 Å².